The molecule has 1 aliphatic rings. The first-order chi connectivity index (χ1) is 11.5. The second-order valence-electron chi connectivity index (χ2n) is 5.07. The molecule has 0 N–H and O–H groups in total. The molecule has 0 aromatic heterocycles. The molecule has 24 heavy (non-hydrogen) atoms. The third kappa shape index (κ3) is 3.58. The van der Waals surface area contributed by atoms with Crippen molar-refractivity contribution in [3.05, 3.63) is 58.6 Å². The van der Waals surface area contributed by atoms with Gasteiger partial charge in [-0.25, -0.2) is 4.79 Å². The van der Waals surface area contributed by atoms with Gasteiger partial charge in [-0.2, -0.15) is 0 Å². The molecular formula is C18H13ClO5. The summed E-state index contributed by atoms with van der Waals surface area (Å²) in [5, 5.41) is 0.415. The van der Waals surface area contributed by atoms with Crippen molar-refractivity contribution < 1.29 is 23.8 Å². The van der Waals surface area contributed by atoms with Crippen molar-refractivity contribution in [2.45, 2.75) is 6.92 Å². The van der Waals surface area contributed by atoms with Crippen molar-refractivity contribution in [1.29, 1.82) is 0 Å². The summed E-state index contributed by atoms with van der Waals surface area (Å²) in [7, 11) is 0. The number of carbonyl (C=O) groups excluding carboxylic acids is 2. The normalized spacial score (nSPS) is 12.4. The van der Waals surface area contributed by atoms with Crippen LogP contribution in [-0.2, 0) is 4.79 Å². The maximum absolute atomic E-state index is 11.9. The number of carbonyl (C=O) groups is 2. The lowest BCUT2D eigenvalue weighted by atomic mass is 10.1. The number of halogens is 1. The van der Waals surface area contributed by atoms with Gasteiger partial charge in [-0.15, -0.1) is 0 Å². The average molecular weight is 345 g/mol. The van der Waals surface area contributed by atoms with Gasteiger partial charge in [0.25, 0.3) is 0 Å². The molecule has 0 spiro atoms. The molecule has 0 radical (unpaired) electrons. The third-order valence-electron chi connectivity index (χ3n) is 3.34. The number of ether oxygens (including phenoxy) is 3. The van der Waals surface area contributed by atoms with Crippen LogP contribution in [0.25, 0.3) is 6.08 Å². The highest BCUT2D eigenvalue weighted by atomic mass is 35.5. The molecular weight excluding hydrogens is 332 g/mol. The van der Waals surface area contributed by atoms with E-state index in [-0.39, 0.29) is 12.6 Å². The molecule has 0 bridgehead atoms. The summed E-state index contributed by atoms with van der Waals surface area (Å²) in [5.41, 5.74) is 1.24. The minimum absolute atomic E-state index is 0.0486. The van der Waals surface area contributed by atoms with Crippen LogP contribution in [0, 0.1) is 0 Å². The molecule has 0 atom stereocenters. The van der Waals surface area contributed by atoms with Gasteiger partial charge in [-0.05, 0) is 55.0 Å². The number of hydrogen-bond acceptors (Lipinski definition) is 5. The second kappa shape index (κ2) is 6.76. The number of hydrogen-bond donors (Lipinski definition) is 0. The number of benzene rings is 2. The zero-order chi connectivity index (χ0) is 17.1. The predicted octanol–water partition coefficient (Wildman–Crippen LogP) is 3.89. The lowest BCUT2D eigenvalue weighted by Gasteiger charge is -2.03. The van der Waals surface area contributed by atoms with Crippen molar-refractivity contribution in [3.63, 3.8) is 0 Å². The van der Waals surface area contributed by atoms with E-state index in [9.17, 15) is 9.59 Å². The lowest BCUT2D eigenvalue weighted by Crippen LogP contribution is -2.04. The van der Waals surface area contributed by atoms with Crippen molar-refractivity contribution in [2.24, 2.45) is 0 Å². The second-order valence-corrected chi connectivity index (χ2v) is 5.48. The Kier molecular flexibility index (Phi) is 4.53. The van der Waals surface area contributed by atoms with Gasteiger partial charge in [0.2, 0.25) is 6.79 Å². The minimum atomic E-state index is -0.542. The van der Waals surface area contributed by atoms with E-state index in [4.69, 9.17) is 25.8 Å². The summed E-state index contributed by atoms with van der Waals surface area (Å²) in [4.78, 5) is 23.1. The summed E-state index contributed by atoms with van der Waals surface area (Å²) in [5.74, 6) is 0.808. The zero-order valence-corrected chi connectivity index (χ0v) is 13.5. The van der Waals surface area contributed by atoms with Gasteiger partial charge >= 0.3 is 5.97 Å². The smallest absolute Gasteiger partial charge is 0.336 e. The SMILES string of the molecule is CC(=O)c1ccc(OC(=O)/C=C/c2cc(Cl)c3c(c2)OCO3)cc1. The fourth-order valence-electron chi connectivity index (χ4n) is 2.16. The van der Waals surface area contributed by atoms with Gasteiger partial charge in [0.15, 0.2) is 17.3 Å². The topological polar surface area (TPSA) is 61.8 Å². The number of esters is 1. The summed E-state index contributed by atoms with van der Waals surface area (Å²) >= 11 is 6.08. The van der Waals surface area contributed by atoms with Gasteiger partial charge < -0.3 is 14.2 Å². The van der Waals surface area contributed by atoms with Gasteiger partial charge in [-0.1, -0.05) is 11.6 Å². The highest BCUT2D eigenvalue weighted by Crippen LogP contribution is 2.40. The van der Waals surface area contributed by atoms with Gasteiger partial charge in [0.1, 0.15) is 5.75 Å². The van der Waals surface area contributed by atoms with E-state index >= 15 is 0 Å². The van der Waals surface area contributed by atoms with Gasteiger partial charge in [0.05, 0.1) is 5.02 Å². The summed E-state index contributed by atoms with van der Waals surface area (Å²) in [6.45, 7) is 1.60. The third-order valence-corrected chi connectivity index (χ3v) is 3.62. The van der Waals surface area contributed by atoms with Crippen LogP contribution in [0.5, 0.6) is 17.2 Å². The Morgan fingerprint density at radius 2 is 1.92 bits per heavy atom. The molecule has 3 rings (SSSR count). The van der Waals surface area contributed by atoms with Crippen LogP contribution in [-0.4, -0.2) is 18.5 Å². The van der Waals surface area contributed by atoms with Crippen LogP contribution in [0.3, 0.4) is 0 Å². The Bertz CT molecular complexity index is 824. The van der Waals surface area contributed by atoms with E-state index in [1.807, 2.05) is 0 Å². The highest BCUT2D eigenvalue weighted by molar-refractivity contribution is 6.32. The highest BCUT2D eigenvalue weighted by Gasteiger charge is 2.17. The fourth-order valence-corrected chi connectivity index (χ4v) is 2.43. The average Bonchev–Trinajstić information content (AvgIpc) is 3.02. The maximum atomic E-state index is 11.9. The first-order valence-corrected chi connectivity index (χ1v) is 7.51. The van der Waals surface area contributed by atoms with Crippen molar-refractivity contribution in [1.82, 2.24) is 0 Å². The van der Waals surface area contributed by atoms with E-state index in [2.05, 4.69) is 0 Å². The van der Waals surface area contributed by atoms with Crippen molar-refractivity contribution in [2.75, 3.05) is 6.79 Å². The van der Waals surface area contributed by atoms with Crippen LogP contribution >= 0.6 is 11.6 Å². The molecule has 5 nitrogen and oxygen atoms in total. The molecule has 2 aromatic carbocycles. The number of ketones is 1. The van der Waals surface area contributed by atoms with E-state index < -0.39 is 5.97 Å². The maximum Gasteiger partial charge on any atom is 0.336 e. The fraction of sp³-hybridized carbons (Fsp3) is 0.111. The van der Waals surface area contributed by atoms with Crippen LogP contribution < -0.4 is 14.2 Å². The van der Waals surface area contributed by atoms with Crippen LogP contribution in [0.15, 0.2) is 42.5 Å². The minimum Gasteiger partial charge on any atom is -0.454 e. The molecule has 122 valence electrons. The van der Waals surface area contributed by atoms with Crippen LogP contribution in [0.1, 0.15) is 22.8 Å². The van der Waals surface area contributed by atoms with Crippen molar-refractivity contribution >= 4 is 29.4 Å². The molecule has 1 heterocycles. The summed E-state index contributed by atoms with van der Waals surface area (Å²) in [6.07, 6.45) is 2.85. The predicted molar refractivity (Wildman–Crippen MR) is 88.7 cm³/mol. The standard InChI is InChI=1S/C18H13ClO5/c1-11(20)13-3-5-14(6-4-13)24-17(21)7-2-12-8-15(19)18-16(9-12)22-10-23-18/h2-9H,10H2,1H3/b7-2+. The van der Waals surface area contributed by atoms with Crippen LogP contribution in [0.4, 0.5) is 0 Å². The largest absolute Gasteiger partial charge is 0.454 e. The molecule has 0 amide bonds. The molecule has 6 heteroatoms. The Morgan fingerprint density at radius 3 is 2.62 bits per heavy atom. The molecule has 1 aliphatic heterocycles. The Hall–Kier alpha value is -2.79. The molecule has 2 aromatic rings. The summed E-state index contributed by atoms with van der Waals surface area (Å²) in [6, 6.07) is 9.73. The van der Waals surface area contributed by atoms with E-state index in [0.29, 0.717) is 33.4 Å². The van der Waals surface area contributed by atoms with E-state index in [0.717, 1.165) is 0 Å². The Labute approximate surface area is 143 Å². The molecule has 0 saturated carbocycles. The monoisotopic (exact) mass is 344 g/mol. The summed E-state index contributed by atoms with van der Waals surface area (Å²) < 4.78 is 15.7. The zero-order valence-electron chi connectivity index (χ0n) is 12.7. The number of Topliss-reactive ketones (excluding diaryl/α,β-unsaturated/α-hetero) is 1. The van der Waals surface area contributed by atoms with Crippen molar-refractivity contribution in [3.8, 4) is 17.2 Å². The first-order valence-electron chi connectivity index (χ1n) is 7.13. The lowest BCUT2D eigenvalue weighted by molar-refractivity contribution is -0.128. The van der Waals surface area contributed by atoms with Gasteiger partial charge in [-0.3, -0.25) is 4.79 Å². The first kappa shape index (κ1) is 16.1. The van der Waals surface area contributed by atoms with E-state index in [1.165, 1.54) is 13.0 Å². The molecule has 0 aliphatic carbocycles. The quantitative estimate of drug-likeness (QED) is 0.364. The molecule has 0 unspecified atom stereocenters. The van der Waals surface area contributed by atoms with E-state index in [1.54, 1.807) is 42.5 Å². The molecule has 0 fully saturated rings. The Balaban J connectivity index is 1.67. The van der Waals surface area contributed by atoms with Gasteiger partial charge in [0, 0.05) is 11.6 Å². The number of fused-ring (bicyclic) bond motifs is 1. The van der Waals surface area contributed by atoms with Crippen LogP contribution in [0.2, 0.25) is 5.02 Å². The number of rotatable bonds is 4. The molecule has 0 saturated heterocycles. The Morgan fingerprint density at radius 1 is 1.17 bits per heavy atom.